The van der Waals surface area contributed by atoms with Gasteiger partial charge in [-0.2, -0.15) is 0 Å². The van der Waals surface area contributed by atoms with E-state index in [4.69, 9.17) is 19.7 Å². The Morgan fingerprint density at radius 3 is 1.29 bits per heavy atom. The number of para-hydroxylation sites is 2. The quantitative estimate of drug-likeness (QED) is 0.168. The van der Waals surface area contributed by atoms with Crippen molar-refractivity contribution in [2.24, 2.45) is 0 Å². The highest BCUT2D eigenvalue weighted by atomic mass is 16.5. The van der Waals surface area contributed by atoms with Crippen LogP contribution in [0.5, 0.6) is 11.5 Å². The van der Waals surface area contributed by atoms with Crippen molar-refractivity contribution in [3.05, 3.63) is 241 Å². The van der Waals surface area contributed by atoms with E-state index in [0.717, 1.165) is 72.8 Å². The SMILES string of the molecule is c1ccc(-c2nc(-c3ccccc3)nc(-c3cccc(-c4ccc5c(c4)-c4cc(-c6cccc(-c7ccccn7)c6)ccc4C54c5ccccc5Oc5ccccc54)c3)n2)cc1. The number of rotatable bonds is 6. The molecule has 0 saturated carbocycles. The van der Waals surface area contributed by atoms with Gasteiger partial charge in [0.1, 0.15) is 11.5 Å². The molecule has 1 aliphatic carbocycles. The Morgan fingerprint density at radius 2 is 0.742 bits per heavy atom. The molecular formula is C57H36N4O. The van der Waals surface area contributed by atoms with Gasteiger partial charge in [0.05, 0.1) is 11.1 Å². The van der Waals surface area contributed by atoms with Crippen LogP contribution >= 0.6 is 0 Å². The molecule has 5 nitrogen and oxygen atoms in total. The molecule has 1 aliphatic heterocycles. The third kappa shape index (κ3) is 5.78. The van der Waals surface area contributed by atoms with Crippen LogP contribution in [0.25, 0.3) is 78.8 Å². The lowest BCUT2D eigenvalue weighted by Gasteiger charge is -2.39. The molecule has 0 bridgehead atoms. The molecule has 10 aromatic rings. The molecule has 0 N–H and O–H groups in total. The van der Waals surface area contributed by atoms with Crippen molar-refractivity contribution in [1.29, 1.82) is 0 Å². The van der Waals surface area contributed by atoms with E-state index in [1.165, 1.54) is 22.3 Å². The number of aromatic nitrogens is 4. The van der Waals surface area contributed by atoms with E-state index < -0.39 is 5.41 Å². The number of hydrogen-bond donors (Lipinski definition) is 0. The van der Waals surface area contributed by atoms with Crippen molar-refractivity contribution in [3.8, 4) is 90.3 Å². The Balaban J connectivity index is 1.04. The minimum atomic E-state index is -0.586. The molecule has 0 amide bonds. The second kappa shape index (κ2) is 14.5. The molecule has 8 aromatic carbocycles. The number of pyridine rings is 1. The summed E-state index contributed by atoms with van der Waals surface area (Å²) in [4.78, 5) is 19.7. The third-order valence-corrected chi connectivity index (χ3v) is 12.2. The number of hydrogen-bond acceptors (Lipinski definition) is 5. The van der Waals surface area contributed by atoms with Gasteiger partial charge >= 0.3 is 0 Å². The van der Waals surface area contributed by atoms with Gasteiger partial charge in [0.15, 0.2) is 17.5 Å². The lowest BCUT2D eigenvalue weighted by molar-refractivity contribution is 0.436. The summed E-state index contributed by atoms with van der Waals surface area (Å²) >= 11 is 0. The maximum atomic E-state index is 6.64. The van der Waals surface area contributed by atoms with E-state index in [-0.39, 0.29) is 0 Å². The van der Waals surface area contributed by atoms with Crippen LogP contribution in [-0.4, -0.2) is 19.9 Å². The number of fused-ring (bicyclic) bond motifs is 9. The zero-order valence-electron chi connectivity index (χ0n) is 33.5. The summed E-state index contributed by atoms with van der Waals surface area (Å²) in [6, 6.07) is 74.5. The molecule has 5 heteroatoms. The van der Waals surface area contributed by atoms with Crippen LogP contribution in [0.2, 0.25) is 0 Å². The predicted molar refractivity (Wildman–Crippen MR) is 248 cm³/mol. The van der Waals surface area contributed by atoms with E-state index in [9.17, 15) is 0 Å². The van der Waals surface area contributed by atoms with Gasteiger partial charge in [0.25, 0.3) is 0 Å². The first kappa shape index (κ1) is 35.6. The lowest BCUT2D eigenvalue weighted by Crippen LogP contribution is -2.32. The van der Waals surface area contributed by atoms with Crippen molar-refractivity contribution < 1.29 is 4.74 Å². The summed E-state index contributed by atoms with van der Waals surface area (Å²) in [5.41, 5.74) is 15.8. The van der Waals surface area contributed by atoms with Crippen molar-refractivity contribution in [2.45, 2.75) is 5.41 Å². The molecule has 3 heterocycles. The van der Waals surface area contributed by atoms with Crippen LogP contribution in [-0.2, 0) is 5.41 Å². The van der Waals surface area contributed by atoms with Gasteiger partial charge in [-0.3, -0.25) is 4.98 Å². The molecule has 2 aliphatic rings. The average molecular weight is 793 g/mol. The first-order chi connectivity index (χ1) is 30.7. The fourth-order valence-corrected chi connectivity index (χ4v) is 9.43. The zero-order valence-corrected chi connectivity index (χ0v) is 33.5. The van der Waals surface area contributed by atoms with Crippen molar-refractivity contribution >= 4 is 0 Å². The van der Waals surface area contributed by atoms with Crippen LogP contribution in [0, 0.1) is 0 Å². The van der Waals surface area contributed by atoms with E-state index in [0.29, 0.717) is 17.5 Å². The second-order valence-electron chi connectivity index (χ2n) is 15.8. The van der Waals surface area contributed by atoms with Crippen LogP contribution in [0.15, 0.2) is 219 Å². The van der Waals surface area contributed by atoms with Crippen LogP contribution in [0.3, 0.4) is 0 Å². The maximum absolute atomic E-state index is 6.64. The Kier molecular flexibility index (Phi) is 8.32. The predicted octanol–water partition coefficient (Wildman–Crippen LogP) is 13.7. The molecule has 62 heavy (non-hydrogen) atoms. The van der Waals surface area contributed by atoms with Gasteiger partial charge in [-0.25, -0.2) is 15.0 Å². The first-order valence-corrected chi connectivity index (χ1v) is 20.9. The molecule has 0 atom stereocenters. The highest BCUT2D eigenvalue weighted by Crippen LogP contribution is 2.62. The van der Waals surface area contributed by atoms with Crippen LogP contribution in [0.4, 0.5) is 0 Å². The minimum absolute atomic E-state index is 0.586. The van der Waals surface area contributed by atoms with E-state index >= 15 is 0 Å². The summed E-state index contributed by atoms with van der Waals surface area (Å²) in [6.07, 6.45) is 1.85. The standard InChI is InChI=1S/C57H36N4O/c1-3-15-37(16-4-1)54-59-55(38-17-5-2-6-18-38)61-56(60-54)44-22-14-20-40(34-44)42-29-31-48-46(36-42)45-35-41(39-19-13-21-43(33-39)51-25-11-12-32-58-51)28-30-47(45)57(48)49-23-7-9-26-52(49)62-53-27-10-8-24-50(53)57/h1-36H. The van der Waals surface area contributed by atoms with Crippen LogP contribution < -0.4 is 4.74 Å². The summed E-state index contributed by atoms with van der Waals surface area (Å²) < 4.78 is 6.64. The Bertz CT molecular complexity index is 3230. The highest BCUT2D eigenvalue weighted by molar-refractivity contribution is 5.93. The fraction of sp³-hybridized carbons (Fsp3) is 0.0175. The molecule has 0 radical (unpaired) electrons. The normalized spacial score (nSPS) is 12.8. The molecule has 12 rings (SSSR count). The molecule has 2 aromatic heterocycles. The van der Waals surface area contributed by atoms with Crippen molar-refractivity contribution in [3.63, 3.8) is 0 Å². The number of nitrogens with zero attached hydrogens (tertiary/aromatic N) is 4. The van der Waals surface area contributed by atoms with E-state index in [1.807, 2.05) is 79.0 Å². The maximum Gasteiger partial charge on any atom is 0.164 e. The average Bonchev–Trinajstić information content (AvgIpc) is 3.64. The van der Waals surface area contributed by atoms with Crippen molar-refractivity contribution in [1.82, 2.24) is 19.9 Å². The van der Waals surface area contributed by atoms with Gasteiger partial charge in [0.2, 0.25) is 0 Å². The molecule has 0 fully saturated rings. The topological polar surface area (TPSA) is 60.8 Å². The monoisotopic (exact) mass is 792 g/mol. The van der Waals surface area contributed by atoms with Gasteiger partial charge in [-0.15, -0.1) is 0 Å². The van der Waals surface area contributed by atoms with Gasteiger partial charge in [0, 0.05) is 39.6 Å². The third-order valence-electron chi connectivity index (χ3n) is 12.2. The number of benzene rings is 8. The summed E-state index contributed by atoms with van der Waals surface area (Å²) in [7, 11) is 0. The van der Waals surface area contributed by atoms with Gasteiger partial charge in [-0.05, 0) is 93.0 Å². The Labute approximate surface area is 359 Å². The summed E-state index contributed by atoms with van der Waals surface area (Å²) in [5, 5.41) is 0. The first-order valence-electron chi connectivity index (χ1n) is 20.9. The van der Waals surface area contributed by atoms with Crippen LogP contribution in [0.1, 0.15) is 22.3 Å². The largest absolute Gasteiger partial charge is 0.457 e. The molecule has 0 saturated heterocycles. The smallest absolute Gasteiger partial charge is 0.164 e. The van der Waals surface area contributed by atoms with Gasteiger partial charge < -0.3 is 4.74 Å². The number of ether oxygens (including phenoxy) is 1. The minimum Gasteiger partial charge on any atom is -0.457 e. The molecule has 1 spiro atoms. The zero-order chi connectivity index (χ0) is 41.0. The van der Waals surface area contributed by atoms with Gasteiger partial charge in [-0.1, -0.05) is 164 Å². The molecule has 290 valence electrons. The fourth-order valence-electron chi connectivity index (χ4n) is 9.43. The summed E-state index contributed by atoms with van der Waals surface area (Å²) in [6.45, 7) is 0. The Morgan fingerprint density at radius 1 is 0.306 bits per heavy atom. The summed E-state index contributed by atoms with van der Waals surface area (Å²) in [5.74, 6) is 3.64. The lowest BCUT2D eigenvalue weighted by atomic mass is 9.66. The highest BCUT2D eigenvalue weighted by Gasteiger charge is 2.51. The Hall–Kier alpha value is -8.28. The second-order valence-corrected chi connectivity index (χ2v) is 15.8. The van der Waals surface area contributed by atoms with E-state index in [1.54, 1.807) is 0 Å². The van der Waals surface area contributed by atoms with Crippen molar-refractivity contribution in [2.75, 3.05) is 0 Å². The van der Waals surface area contributed by atoms with E-state index in [2.05, 4.69) is 145 Å². The molecule has 0 unspecified atom stereocenters. The molecular weight excluding hydrogens is 757 g/mol.